The Labute approximate surface area is 113 Å². The van der Waals surface area contributed by atoms with Crippen LogP contribution in [0.2, 0.25) is 0 Å². The highest BCUT2D eigenvalue weighted by Crippen LogP contribution is 2.21. The fraction of sp³-hybridized carbons (Fsp3) is 0.400. The molecular weight excluding hydrogens is 236 g/mol. The van der Waals surface area contributed by atoms with E-state index in [-0.39, 0.29) is 0 Å². The summed E-state index contributed by atoms with van der Waals surface area (Å²) in [5, 5.41) is 17.3. The number of hydrogen-bond acceptors (Lipinski definition) is 3. The first kappa shape index (κ1) is 13.3. The molecule has 0 radical (unpaired) electrons. The van der Waals surface area contributed by atoms with E-state index in [0.29, 0.717) is 11.6 Å². The van der Waals surface area contributed by atoms with Gasteiger partial charge in [-0.05, 0) is 43.4 Å². The highest BCUT2D eigenvalue weighted by Gasteiger charge is 2.16. The zero-order chi connectivity index (χ0) is 14.0. The van der Waals surface area contributed by atoms with Crippen LogP contribution in [0.15, 0.2) is 18.2 Å². The summed E-state index contributed by atoms with van der Waals surface area (Å²) in [6.07, 6.45) is 0.795. The monoisotopic (exact) mass is 254 g/mol. The summed E-state index contributed by atoms with van der Waals surface area (Å²) >= 11 is 0. The normalized spacial score (nSPS) is 10.7. The second kappa shape index (κ2) is 5.23. The first-order valence-corrected chi connectivity index (χ1v) is 6.45. The van der Waals surface area contributed by atoms with Crippen LogP contribution in [-0.4, -0.2) is 15.0 Å². The van der Waals surface area contributed by atoms with Crippen LogP contribution in [0.25, 0.3) is 5.69 Å². The molecule has 2 rings (SSSR count). The number of aromatic nitrogens is 3. The molecule has 1 aromatic carbocycles. The lowest BCUT2D eigenvalue weighted by Gasteiger charge is -2.12. The van der Waals surface area contributed by atoms with Crippen LogP contribution >= 0.6 is 0 Å². The predicted octanol–water partition coefficient (Wildman–Crippen LogP) is 2.95. The van der Waals surface area contributed by atoms with Gasteiger partial charge in [-0.3, -0.25) is 0 Å². The van der Waals surface area contributed by atoms with E-state index in [2.05, 4.69) is 50.1 Å². The average Bonchev–Trinajstić information content (AvgIpc) is 2.75. The van der Waals surface area contributed by atoms with E-state index in [9.17, 15) is 0 Å². The fourth-order valence-corrected chi connectivity index (χ4v) is 2.12. The molecule has 98 valence electrons. The smallest absolute Gasteiger partial charge is 0.186 e. The molecule has 0 aliphatic heterocycles. The van der Waals surface area contributed by atoms with Crippen molar-refractivity contribution in [2.24, 2.45) is 5.92 Å². The van der Waals surface area contributed by atoms with E-state index in [4.69, 9.17) is 5.26 Å². The Kier molecular flexibility index (Phi) is 3.66. The Balaban J connectivity index is 2.60. The Morgan fingerprint density at radius 2 is 2.05 bits per heavy atom. The number of nitriles is 1. The molecule has 0 amide bonds. The average molecular weight is 254 g/mol. The molecule has 0 atom stereocenters. The summed E-state index contributed by atoms with van der Waals surface area (Å²) < 4.78 is 1.81. The number of aryl methyl sites for hydroxylation is 1. The van der Waals surface area contributed by atoms with Gasteiger partial charge in [0.05, 0.1) is 11.4 Å². The molecule has 0 spiro atoms. The maximum absolute atomic E-state index is 9.15. The molecule has 1 aromatic heterocycles. The van der Waals surface area contributed by atoms with Crippen LogP contribution < -0.4 is 0 Å². The van der Waals surface area contributed by atoms with E-state index in [1.165, 1.54) is 11.1 Å². The largest absolute Gasteiger partial charge is 0.216 e. The summed E-state index contributed by atoms with van der Waals surface area (Å²) in [7, 11) is 0. The molecule has 0 N–H and O–H groups in total. The predicted molar refractivity (Wildman–Crippen MR) is 74.1 cm³/mol. The first-order valence-electron chi connectivity index (χ1n) is 6.45. The summed E-state index contributed by atoms with van der Waals surface area (Å²) in [6, 6.07) is 8.22. The van der Waals surface area contributed by atoms with Crippen molar-refractivity contribution in [3.63, 3.8) is 0 Å². The third kappa shape index (κ3) is 2.50. The molecule has 0 saturated carbocycles. The molecule has 19 heavy (non-hydrogen) atoms. The second-order valence-corrected chi connectivity index (χ2v) is 5.23. The first-order chi connectivity index (χ1) is 9.04. The SMILES string of the molecule is Cc1cccc(-n2nnc(C#N)c2CC(C)C)c1C. The topological polar surface area (TPSA) is 54.5 Å². The van der Waals surface area contributed by atoms with E-state index in [1.807, 2.05) is 12.1 Å². The zero-order valence-electron chi connectivity index (χ0n) is 11.8. The molecular formula is C15H18N4. The summed E-state index contributed by atoms with van der Waals surface area (Å²) in [4.78, 5) is 0. The van der Waals surface area contributed by atoms with Crippen molar-refractivity contribution in [2.75, 3.05) is 0 Å². The Morgan fingerprint density at radius 1 is 1.32 bits per heavy atom. The minimum atomic E-state index is 0.426. The Hall–Kier alpha value is -2.15. The van der Waals surface area contributed by atoms with Gasteiger partial charge in [-0.2, -0.15) is 5.26 Å². The Bertz CT molecular complexity index is 632. The molecule has 0 bridgehead atoms. The van der Waals surface area contributed by atoms with Gasteiger partial charge in [0.15, 0.2) is 5.69 Å². The van der Waals surface area contributed by atoms with E-state index < -0.39 is 0 Å². The van der Waals surface area contributed by atoms with Crippen molar-refractivity contribution in [2.45, 2.75) is 34.1 Å². The Morgan fingerprint density at radius 3 is 2.68 bits per heavy atom. The minimum Gasteiger partial charge on any atom is -0.216 e. The molecule has 4 heteroatoms. The number of benzene rings is 1. The van der Waals surface area contributed by atoms with Gasteiger partial charge < -0.3 is 0 Å². The van der Waals surface area contributed by atoms with Crippen LogP contribution in [0.3, 0.4) is 0 Å². The van der Waals surface area contributed by atoms with Crippen molar-refractivity contribution in [3.05, 3.63) is 40.7 Å². The van der Waals surface area contributed by atoms with E-state index >= 15 is 0 Å². The van der Waals surface area contributed by atoms with Crippen molar-refractivity contribution in [1.82, 2.24) is 15.0 Å². The number of hydrogen-bond donors (Lipinski definition) is 0. The van der Waals surface area contributed by atoms with Gasteiger partial charge in [0.1, 0.15) is 6.07 Å². The van der Waals surface area contributed by atoms with Gasteiger partial charge in [-0.1, -0.05) is 31.2 Å². The lowest BCUT2D eigenvalue weighted by atomic mass is 10.0. The summed E-state index contributed by atoms with van der Waals surface area (Å²) in [5.41, 5.74) is 4.70. The highest BCUT2D eigenvalue weighted by molar-refractivity contribution is 5.46. The van der Waals surface area contributed by atoms with Crippen LogP contribution in [0.4, 0.5) is 0 Å². The quantitative estimate of drug-likeness (QED) is 0.846. The molecule has 4 nitrogen and oxygen atoms in total. The van der Waals surface area contributed by atoms with E-state index in [1.54, 1.807) is 4.68 Å². The summed E-state index contributed by atoms with van der Waals surface area (Å²) in [6.45, 7) is 8.39. The van der Waals surface area contributed by atoms with Crippen LogP contribution in [-0.2, 0) is 6.42 Å². The lowest BCUT2D eigenvalue weighted by Crippen LogP contribution is -2.08. The molecule has 0 unspecified atom stereocenters. The minimum absolute atomic E-state index is 0.426. The molecule has 1 heterocycles. The van der Waals surface area contributed by atoms with Crippen LogP contribution in [0.5, 0.6) is 0 Å². The number of nitrogens with zero attached hydrogens (tertiary/aromatic N) is 4. The second-order valence-electron chi connectivity index (χ2n) is 5.23. The van der Waals surface area contributed by atoms with Crippen molar-refractivity contribution in [3.8, 4) is 11.8 Å². The molecule has 0 aliphatic carbocycles. The van der Waals surface area contributed by atoms with Gasteiger partial charge in [-0.15, -0.1) is 5.10 Å². The third-order valence-corrected chi connectivity index (χ3v) is 3.27. The zero-order valence-corrected chi connectivity index (χ0v) is 11.8. The van der Waals surface area contributed by atoms with Crippen molar-refractivity contribution >= 4 is 0 Å². The van der Waals surface area contributed by atoms with E-state index in [0.717, 1.165) is 17.8 Å². The molecule has 0 fully saturated rings. The van der Waals surface area contributed by atoms with Gasteiger partial charge in [-0.25, -0.2) is 4.68 Å². The summed E-state index contributed by atoms with van der Waals surface area (Å²) in [5.74, 6) is 0.453. The van der Waals surface area contributed by atoms with Gasteiger partial charge >= 0.3 is 0 Å². The van der Waals surface area contributed by atoms with Crippen molar-refractivity contribution < 1.29 is 0 Å². The molecule has 0 saturated heterocycles. The molecule has 0 aliphatic rings. The highest BCUT2D eigenvalue weighted by atomic mass is 15.4. The fourth-order valence-electron chi connectivity index (χ4n) is 2.12. The van der Waals surface area contributed by atoms with Gasteiger partial charge in [0.2, 0.25) is 0 Å². The number of rotatable bonds is 3. The van der Waals surface area contributed by atoms with Crippen molar-refractivity contribution in [1.29, 1.82) is 5.26 Å². The maximum Gasteiger partial charge on any atom is 0.186 e. The molecule has 2 aromatic rings. The standard InChI is InChI=1S/C15H18N4/c1-10(2)8-15-13(9-16)17-18-19(15)14-7-5-6-11(3)12(14)4/h5-7,10H,8H2,1-4H3. The lowest BCUT2D eigenvalue weighted by molar-refractivity contribution is 0.613. The van der Waals surface area contributed by atoms with Gasteiger partial charge in [0.25, 0.3) is 0 Å². The van der Waals surface area contributed by atoms with Crippen LogP contribution in [0, 0.1) is 31.1 Å². The van der Waals surface area contributed by atoms with Gasteiger partial charge in [0, 0.05) is 0 Å². The van der Waals surface area contributed by atoms with Crippen LogP contribution in [0.1, 0.15) is 36.4 Å². The maximum atomic E-state index is 9.15. The third-order valence-electron chi connectivity index (χ3n) is 3.27.